The van der Waals surface area contributed by atoms with Gasteiger partial charge >= 0.3 is 12.0 Å². The molecule has 0 saturated carbocycles. The number of imidazole rings is 1. The predicted octanol–water partition coefficient (Wildman–Crippen LogP) is 2.27. The van der Waals surface area contributed by atoms with Crippen LogP contribution in [-0.4, -0.2) is 53.7 Å². The SMILES string of the molecule is COC(=O)[C@H](NC(=O)N1CCc2[nH]cnc2[C@@H]1c1ccccc1OC)C(C)C. The average molecular weight is 386 g/mol. The molecule has 1 aliphatic heterocycles. The normalized spacial score (nSPS) is 17.0. The Bertz CT molecular complexity index is 848. The summed E-state index contributed by atoms with van der Waals surface area (Å²) in [5.74, 6) is 0.107. The van der Waals surface area contributed by atoms with Gasteiger partial charge in [-0.05, 0) is 12.0 Å². The molecule has 0 fully saturated rings. The zero-order valence-corrected chi connectivity index (χ0v) is 16.6. The second kappa shape index (κ2) is 8.33. The number of carbonyl (C=O) groups excluding carboxylic acids is 2. The van der Waals surface area contributed by atoms with E-state index in [1.54, 1.807) is 18.3 Å². The lowest BCUT2D eigenvalue weighted by atomic mass is 9.95. The van der Waals surface area contributed by atoms with Crippen molar-refractivity contribution in [3.63, 3.8) is 0 Å². The molecule has 0 saturated heterocycles. The van der Waals surface area contributed by atoms with Crippen LogP contribution < -0.4 is 10.1 Å². The van der Waals surface area contributed by atoms with Crippen LogP contribution in [0.3, 0.4) is 0 Å². The number of rotatable bonds is 5. The largest absolute Gasteiger partial charge is 0.496 e. The van der Waals surface area contributed by atoms with Crippen molar-refractivity contribution >= 4 is 12.0 Å². The van der Waals surface area contributed by atoms with Crippen LogP contribution >= 0.6 is 0 Å². The van der Waals surface area contributed by atoms with Gasteiger partial charge in [0.2, 0.25) is 0 Å². The topological polar surface area (TPSA) is 96.6 Å². The Labute approximate surface area is 164 Å². The van der Waals surface area contributed by atoms with E-state index < -0.39 is 18.1 Å². The molecule has 150 valence electrons. The van der Waals surface area contributed by atoms with Crippen LogP contribution in [0.5, 0.6) is 5.75 Å². The molecule has 2 atom stereocenters. The average Bonchev–Trinajstić information content (AvgIpc) is 3.19. The smallest absolute Gasteiger partial charge is 0.328 e. The van der Waals surface area contributed by atoms with Crippen molar-refractivity contribution in [2.45, 2.75) is 32.4 Å². The maximum absolute atomic E-state index is 13.2. The van der Waals surface area contributed by atoms with Gasteiger partial charge in [0.05, 0.1) is 26.2 Å². The monoisotopic (exact) mass is 386 g/mol. The minimum Gasteiger partial charge on any atom is -0.496 e. The van der Waals surface area contributed by atoms with Crippen molar-refractivity contribution < 1.29 is 19.1 Å². The van der Waals surface area contributed by atoms with Gasteiger partial charge in [-0.15, -0.1) is 0 Å². The van der Waals surface area contributed by atoms with Crippen molar-refractivity contribution in [2.75, 3.05) is 20.8 Å². The summed E-state index contributed by atoms with van der Waals surface area (Å²) in [6.07, 6.45) is 2.29. The van der Waals surface area contributed by atoms with Gasteiger partial charge in [-0.3, -0.25) is 0 Å². The summed E-state index contributed by atoms with van der Waals surface area (Å²) in [5.41, 5.74) is 2.62. The van der Waals surface area contributed by atoms with Gasteiger partial charge in [0.1, 0.15) is 17.8 Å². The van der Waals surface area contributed by atoms with Crippen LogP contribution in [0.25, 0.3) is 0 Å². The lowest BCUT2D eigenvalue weighted by Crippen LogP contribution is -2.53. The molecule has 1 aromatic heterocycles. The van der Waals surface area contributed by atoms with E-state index in [0.29, 0.717) is 18.7 Å². The highest BCUT2D eigenvalue weighted by molar-refractivity contribution is 5.84. The Morgan fingerprint density at radius 3 is 2.71 bits per heavy atom. The van der Waals surface area contributed by atoms with Crippen LogP contribution in [0.1, 0.15) is 36.8 Å². The molecule has 8 nitrogen and oxygen atoms in total. The summed E-state index contributed by atoms with van der Waals surface area (Å²) in [4.78, 5) is 34.6. The highest BCUT2D eigenvalue weighted by Crippen LogP contribution is 2.37. The fraction of sp³-hybridized carbons (Fsp3) is 0.450. The van der Waals surface area contributed by atoms with Crippen molar-refractivity contribution in [1.82, 2.24) is 20.2 Å². The van der Waals surface area contributed by atoms with Crippen LogP contribution in [0.15, 0.2) is 30.6 Å². The van der Waals surface area contributed by atoms with Crippen molar-refractivity contribution in [2.24, 2.45) is 5.92 Å². The van der Waals surface area contributed by atoms with Gasteiger partial charge in [0, 0.05) is 24.2 Å². The van der Waals surface area contributed by atoms with Crippen LogP contribution in [-0.2, 0) is 16.0 Å². The third-order valence-electron chi connectivity index (χ3n) is 5.02. The van der Waals surface area contributed by atoms with E-state index in [9.17, 15) is 9.59 Å². The van der Waals surface area contributed by atoms with Crippen molar-refractivity contribution in [3.8, 4) is 5.75 Å². The van der Waals surface area contributed by atoms with Crippen LogP contribution in [0.2, 0.25) is 0 Å². The summed E-state index contributed by atoms with van der Waals surface area (Å²) in [7, 11) is 2.92. The number of hydrogen-bond donors (Lipinski definition) is 2. The molecule has 2 heterocycles. The van der Waals surface area contributed by atoms with Gasteiger partial charge in [-0.2, -0.15) is 0 Å². The van der Waals surface area contributed by atoms with E-state index in [0.717, 1.165) is 17.0 Å². The minimum absolute atomic E-state index is 0.105. The maximum atomic E-state index is 13.2. The molecule has 1 aliphatic rings. The molecule has 0 radical (unpaired) electrons. The molecule has 28 heavy (non-hydrogen) atoms. The summed E-state index contributed by atoms with van der Waals surface area (Å²) < 4.78 is 10.4. The second-order valence-electron chi connectivity index (χ2n) is 7.05. The Kier molecular flexibility index (Phi) is 5.87. The molecular weight excluding hydrogens is 360 g/mol. The number of benzene rings is 1. The molecular formula is C20H26N4O4. The van der Waals surface area contributed by atoms with E-state index in [1.807, 2.05) is 38.1 Å². The summed E-state index contributed by atoms with van der Waals surface area (Å²) in [6.45, 7) is 4.21. The van der Waals surface area contributed by atoms with Gasteiger partial charge in [-0.25, -0.2) is 14.6 Å². The molecule has 0 unspecified atom stereocenters. The molecule has 0 aliphatic carbocycles. The number of H-pyrrole nitrogens is 1. The summed E-state index contributed by atoms with van der Waals surface area (Å²) in [6, 6.07) is 6.08. The Morgan fingerprint density at radius 2 is 2.04 bits per heavy atom. The Hall–Kier alpha value is -3.03. The third-order valence-corrected chi connectivity index (χ3v) is 5.02. The number of fused-ring (bicyclic) bond motifs is 1. The molecule has 8 heteroatoms. The number of para-hydroxylation sites is 1. The van der Waals surface area contributed by atoms with Gasteiger partial charge < -0.3 is 24.7 Å². The summed E-state index contributed by atoms with van der Waals surface area (Å²) in [5, 5.41) is 2.83. The third kappa shape index (κ3) is 3.67. The molecule has 0 spiro atoms. The van der Waals surface area contributed by atoms with E-state index in [4.69, 9.17) is 9.47 Å². The highest BCUT2D eigenvalue weighted by Gasteiger charge is 2.37. The van der Waals surface area contributed by atoms with Crippen molar-refractivity contribution in [3.05, 3.63) is 47.5 Å². The van der Waals surface area contributed by atoms with Crippen LogP contribution in [0, 0.1) is 5.92 Å². The highest BCUT2D eigenvalue weighted by atomic mass is 16.5. The second-order valence-corrected chi connectivity index (χ2v) is 7.05. The molecule has 3 rings (SSSR count). The zero-order chi connectivity index (χ0) is 20.3. The number of esters is 1. The summed E-state index contributed by atoms with van der Waals surface area (Å²) >= 11 is 0. The zero-order valence-electron chi connectivity index (χ0n) is 16.6. The van der Waals surface area contributed by atoms with E-state index >= 15 is 0 Å². The Morgan fingerprint density at radius 1 is 1.29 bits per heavy atom. The van der Waals surface area contributed by atoms with Gasteiger partial charge in [-0.1, -0.05) is 32.0 Å². The molecule has 2 aromatic rings. The number of methoxy groups -OCH3 is 2. The number of carbonyl (C=O) groups is 2. The molecule has 2 amide bonds. The number of nitrogens with one attached hydrogen (secondary N) is 2. The first kappa shape index (κ1) is 19.7. The van der Waals surface area contributed by atoms with Crippen LogP contribution in [0.4, 0.5) is 4.79 Å². The molecule has 1 aromatic carbocycles. The number of urea groups is 1. The first-order valence-corrected chi connectivity index (χ1v) is 9.28. The van der Waals surface area contributed by atoms with Crippen molar-refractivity contribution in [1.29, 1.82) is 0 Å². The van der Waals surface area contributed by atoms with Gasteiger partial charge in [0.25, 0.3) is 0 Å². The number of ether oxygens (including phenoxy) is 2. The number of hydrogen-bond acceptors (Lipinski definition) is 5. The lowest BCUT2D eigenvalue weighted by Gasteiger charge is -2.36. The van der Waals surface area contributed by atoms with E-state index in [2.05, 4.69) is 15.3 Å². The van der Waals surface area contributed by atoms with E-state index in [-0.39, 0.29) is 11.9 Å². The number of amides is 2. The number of aromatic amines is 1. The Balaban J connectivity index is 1.97. The molecule has 0 bridgehead atoms. The quantitative estimate of drug-likeness (QED) is 0.769. The first-order chi connectivity index (χ1) is 13.5. The fourth-order valence-electron chi connectivity index (χ4n) is 3.54. The molecule has 2 N–H and O–H groups in total. The number of aromatic nitrogens is 2. The minimum atomic E-state index is -0.726. The standard InChI is InChI=1S/C20H26N4O4/c1-12(2)16(19(25)28-4)23-20(26)24-10-9-14-17(22-11-21-14)18(24)13-7-5-6-8-15(13)27-3/h5-8,11-12,16,18H,9-10H2,1-4H3,(H,21,22)(H,23,26)/t16-,18+/m1/s1. The van der Waals surface area contributed by atoms with Gasteiger partial charge in [0.15, 0.2) is 0 Å². The number of nitrogens with zero attached hydrogens (tertiary/aromatic N) is 2. The lowest BCUT2D eigenvalue weighted by molar-refractivity contribution is -0.144. The van der Waals surface area contributed by atoms with E-state index in [1.165, 1.54) is 7.11 Å². The fourth-order valence-corrected chi connectivity index (χ4v) is 3.54. The first-order valence-electron chi connectivity index (χ1n) is 9.28. The maximum Gasteiger partial charge on any atom is 0.328 e. The predicted molar refractivity (Wildman–Crippen MR) is 103 cm³/mol.